The number of hydrogen-bond donors (Lipinski definition) is 1. The Morgan fingerprint density at radius 1 is 0.700 bits per heavy atom. The maximum absolute atomic E-state index is 6.95. The predicted octanol–water partition coefficient (Wildman–Crippen LogP) is 7.06. The van der Waals surface area contributed by atoms with E-state index in [9.17, 15) is 0 Å². The van der Waals surface area contributed by atoms with E-state index in [-0.39, 0.29) is 17.2 Å². The minimum Gasteiger partial charge on any atom is -0.405 e. The van der Waals surface area contributed by atoms with Crippen LogP contribution in [0.15, 0.2) is 91.0 Å². The Hall–Kier alpha value is -2.39. The van der Waals surface area contributed by atoms with E-state index >= 15 is 0 Å². The Morgan fingerprint density at radius 3 is 1.62 bits per heavy atom. The zero-order valence-electron chi connectivity index (χ0n) is 24.3. The lowest BCUT2D eigenvalue weighted by Gasteiger charge is -2.47. The molecular formula is C33H43NO4SSi. The van der Waals surface area contributed by atoms with Crippen LogP contribution in [0, 0.1) is 0 Å². The molecule has 0 saturated carbocycles. The second-order valence-electron chi connectivity index (χ2n) is 11.9. The maximum atomic E-state index is 6.95. The van der Waals surface area contributed by atoms with Gasteiger partial charge in [0.05, 0.1) is 32.5 Å². The monoisotopic (exact) mass is 577 g/mol. The van der Waals surface area contributed by atoms with Gasteiger partial charge in [-0.1, -0.05) is 124 Å². The fourth-order valence-corrected chi connectivity index (χ4v) is 6.11. The Balaban J connectivity index is 1.60. The Labute approximate surface area is 246 Å². The van der Waals surface area contributed by atoms with Gasteiger partial charge in [0, 0.05) is 0 Å². The minimum absolute atomic E-state index is 0.0165. The van der Waals surface area contributed by atoms with Crippen molar-refractivity contribution in [3.05, 3.63) is 108 Å². The molecule has 0 unspecified atom stereocenters. The lowest BCUT2D eigenvalue weighted by Crippen LogP contribution is -2.67. The van der Waals surface area contributed by atoms with E-state index in [4.69, 9.17) is 30.9 Å². The molecule has 1 aliphatic heterocycles. The Bertz CT molecular complexity index is 1190. The smallest absolute Gasteiger partial charge is 0.193 e. The summed E-state index contributed by atoms with van der Waals surface area (Å²) in [7, 11) is -2.19. The highest BCUT2D eigenvalue weighted by atomic mass is 32.1. The lowest BCUT2D eigenvalue weighted by molar-refractivity contribution is -0.140. The molecule has 40 heavy (non-hydrogen) atoms. The van der Waals surface area contributed by atoms with Gasteiger partial charge in [-0.05, 0) is 34.8 Å². The third-order valence-electron chi connectivity index (χ3n) is 7.81. The molecule has 214 valence electrons. The Morgan fingerprint density at radius 2 is 1.15 bits per heavy atom. The van der Waals surface area contributed by atoms with Crippen LogP contribution >= 0.6 is 12.2 Å². The van der Waals surface area contributed by atoms with Crippen LogP contribution in [0.1, 0.15) is 37.5 Å². The van der Waals surface area contributed by atoms with Gasteiger partial charge in [-0.2, -0.15) is 0 Å². The number of rotatable bonds is 12. The number of nitrogens with one attached hydrogen (secondary N) is 1. The zero-order chi connectivity index (χ0) is 28.6. The summed E-state index contributed by atoms with van der Waals surface area (Å²) in [6, 6.07) is 30.4. The zero-order valence-corrected chi connectivity index (χ0v) is 26.2. The number of benzene rings is 3. The quantitative estimate of drug-likeness (QED) is 0.184. The molecule has 0 spiro atoms. The van der Waals surface area contributed by atoms with Crippen LogP contribution in [0.25, 0.3) is 0 Å². The van der Waals surface area contributed by atoms with E-state index in [0.29, 0.717) is 31.4 Å². The summed E-state index contributed by atoms with van der Waals surface area (Å²) >= 11 is 5.97. The highest BCUT2D eigenvalue weighted by molar-refractivity contribution is 7.80. The van der Waals surface area contributed by atoms with Gasteiger partial charge in [-0.25, -0.2) is 0 Å². The minimum atomic E-state index is -2.19. The van der Waals surface area contributed by atoms with Gasteiger partial charge in [-0.3, -0.25) is 0 Å². The SMILES string of the molecule is CC(C)(C)[Si](C)(C)O[C@H]1C(=S)N[C@H](COCc2ccccc2)[C@@H](OCc2ccccc2)[C@@H]1OCc1ccccc1. The second kappa shape index (κ2) is 14.0. The van der Waals surface area contributed by atoms with Crippen LogP contribution in [-0.2, 0) is 38.5 Å². The van der Waals surface area contributed by atoms with Crippen molar-refractivity contribution in [2.75, 3.05) is 6.61 Å². The number of ether oxygens (including phenoxy) is 3. The van der Waals surface area contributed by atoms with Crippen molar-refractivity contribution in [3.8, 4) is 0 Å². The molecule has 5 nitrogen and oxygen atoms in total. The lowest BCUT2D eigenvalue weighted by atomic mass is 9.95. The number of hydrogen-bond acceptors (Lipinski definition) is 5. The van der Waals surface area contributed by atoms with Crippen molar-refractivity contribution in [1.82, 2.24) is 5.32 Å². The molecule has 4 rings (SSSR count). The first-order chi connectivity index (χ1) is 19.1. The number of thiocarbonyl (C=S) groups is 1. The molecule has 0 radical (unpaired) electrons. The van der Waals surface area contributed by atoms with Crippen molar-refractivity contribution >= 4 is 25.5 Å². The molecule has 1 N–H and O–H groups in total. The summed E-state index contributed by atoms with van der Waals surface area (Å²) in [5, 5.41) is 3.56. The van der Waals surface area contributed by atoms with E-state index in [0.717, 1.165) is 16.7 Å². The van der Waals surface area contributed by atoms with Crippen LogP contribution in [0.3, 0.4) is 0 Å². The van der Waals surface area contributed by atoms with Crippen LogP contribution in [-0.4, -0.2) is 44.3 Å². The largest absolute Gasteiger partial charge is 0.405 e. The third-order valence-corrected chi connectivity index (χ3v) is 12.6. The molecule has 3 aromatic carbocycles. The maximum Gasteiger partial charge on any atom is 0.193 e. The summed E-state index contributed by atoms with van der Waals surface area (Å²) < 4.78 is 26.5. The van der Waals surface area contributed by atoms with Gasteiger partial charge in [0.25, 0.3) is 0 Å². The fraction of sp³-hybridized carbons (Fsp3) is 0.424. The first-order valence-corrected chi connectivity index (χ1v) is 17.4. The third kappa shape index (κ3) is 8.32. The van der Waals surface area contributed by atoms with Crippen molar-refractivity contribution in [2.45, 2.75) is 83.1 Å². The predicted molar refractivity (Wildman–Crippen MR) is 168 cm³/mol. The van der Waals surface area contributed by atoms with Gasteiger partial charge in [0.1, 0.15) is 23.3 Å². The number of piperidine rings is 1. The first-order valence-electron chi connectivity index (χ1n) is 14.0. The molecule has 1 heterocycles. The molecular weight excluding hydrogens is 535 g/mol. The fourth-order valence-electron chi connectivity index (χ4n) is 4.45. The van der Waals surface area contributed by atoms with Crippen molar-refractivity contribution in [2.24, 2.45) is 0 Å². The summed E-state index contributed by atoms with van der Waals surface area (Å²) in [4.78, 5) is 0.649. The van der Waals surface area contributed by atoms with Gasteiger partial charge < -0.3 is 24.0 Å². The van der Waals surface area contributed by atoms with Crippen LogP contribution < -0.4 is 5.32 Å². The van der Waals surface area contributed by atoms with E-state index in [1.165, 1.54) is 0 Å². The molecule has 0 aromatic heterocycles. The molecule has 0 bridgehead atoms. The van der Waals surface area contributed by atoms with Crippen molar-refractivity contribution in [1.29, 1.82) is 0 Å². The molecule has 1 aliphatic rings. The van der Waals surface area contributed by atoms with Crippen molar-refractivity contribution < 1.29 is 18.6 Å². The van der Waals surface area contributed by atoms with E-state index in [2.05, 4.69) is 75.6 Å². The summed E-state index contributed by atoms with van der Waals surface area (Å²) in [6.45, 7) is 13.0. The molecule has 7 heteroatoms. The van der Waals surface area contributed by atoms with Crippen LogP contribution in [0.2, 0.25) is 18.1 Å². The first kappa shape index (κ1) is 30.6. The molecule has 4 atom stereocenters. The highest BCUT2D eigenvalue weighted by Gasteiger charge is 2.49. The molecule has 1 saturated heterocycles. The van der Waals surface area contributed by atoms with Gasteiger partial charge in [0.15, 0.2) is 8.32 Å². The van der Waals surface area contributed by atoms with Gasteiger partial charge in [0.2, 0.25) is 0 Å². The van der Waals surface area contributed by atoms with Gasteiger partial charge in [-0.15, -0.1) is 0 Å². The normalized spacial score (nSPS) is 21.7. The van der Waals surface area contributed by atoms with E-state index < -0.39 is 20.5 Å². The summed E-state index contributed by atoms with van der Waals surface area (Å²) in [5.41, 5.74) is 3.32. The standard InChI is InChI=1S/C33H43NO4SSi/c1-33(2,3)40(4,5)38-31-30(37-23-27-19-13-8-14-20-27)29(36-22-26-17-11-7-12-18-26)28(34-32(31)39)24-35-21-25-15-9-6-10-16-25/h6-20,28-31H,21-24H2,1-5H3,(H,34,39)/t28-,29-,30+,31-/m1/s1. The summed E-state index contributed by atoms with van der Waals surface area (Å²) in [6.07, 6.45) is -1.18. The van der Waals surface area contributed by atoms with E-state index in [1.807, 2.05) is 54.6 Å². The average Bonchev–Trinajstić information content (AvgIpc) is 2.94. The van der Waals surface area contributed by atoms with Crippen LogP contribution in [0.4, 0.5) is 0 Å². The molecule has 1 fully saturated rings. The molecule has 0 amide bonds. The van der Waals surface area contributed by atoms with Gasteiger partial charge >= 0.3 is 0 Å². The van der Waals surface area contributed by atoms with Crippen LogP contribution in [0.5, 0.6) is 0 Å². The van der Waals surface area contributed by atoms with Crippen molar-refractivity contribution in [3.63, 3.8) is 0 Å². The highest BCUT2D eigenvalue weighted by Crippen LogP contribution is 2.39. The molecule has 0 aliphatic carbocycles. The van der Waals surface area contributed by atoms with E-state index in [1.54, 1.807) is 0 Å². The molecule has 3 aromatic rings. The second-order valence-corrected chi connectivity index (χ2v) is 17.1. The topological polar surface area (TPSA) is 49.0 Å². The average molecular weight is 578 g/mol. The Kier molecular flexibility index (Phi) is 10.7. The summed E-state index contributed by atoms with van der Waals surface area (Å²) in [5.74, 6) is 0.